The van der Waals surface area contributed by atoms with Gasteiger partial charge in [0.1, 0.15) is 5.76 Å². The predicted octanol–water partition coefficient (Wildman–Crippen LogP) is 3.70. The third-order valence-electron chi connectivity index (χ3n) is 3.51. The number of hydrogen-bond acceptors (Lipinski definition) is 4. The first-order chi connectivity index (χ1) is 10.1. The Labute approximate surface area is 135 Å². The molecule has 112 valence electrons. The summed E-state index contributed by atoms with van der Waals surface area (Å²) in [7, 11) is -1.13. The normalized spacial score (nSPS) is 15.7. The minimum absolute atomic E-state index is 0.289. The van der Waals surface area contributed by atoms with Crippen LogP contribution >= 0.6 is 23.2 Å². The Kier molecular flexibility index (Phi) is 4.62. The zero-order valence-electron chi connectivity index (χ0n) is 11.3. The molecule has 0 spiro atoms. The topological polar surface area (TPSA) is 56.0 Å². The fourth-order valence-electron chi connectivity index (χ4n) is 2.47. The van der Waals surface area contributed by atoms with Gasteiger partial charge in [0.25, 0.3) is 0 Å². The lowest BCUT2D eigenvalue weighted by atomic mass is 9.97. The number of hydrogen-bond donors (Lipinski definition) is 0. The Morgan fingerprint density at radius 2 is 1.95 bits per heavy atom. The zero-order valence-corrected chi connectivity index (χ0v) is 13.6. The van der Waals surface area contributed by atoms with E-state index in [0.717, 1.165) is 42.7 Å². The fourth-order valence-corrected chi connectivity index (χ4v) is 4.16. The fraction of sp³-hybridized carbons (Fsp3) is 0.429. The first-order valence-corrected chi connectivity index (χ1v) is 8.99. The molecule has 0 aromatic carbocycles. The van der Waals surface area contributed by atoms with Crippen LogP contribution in [0.5, 0.6) is 0 Å². The number of pyridine rings is 1. The molecule has 0 saturated heterocycles. The number of nitrogens with zero attached hydrogens (tertiary/aromatic N) is 2. The molecule has 0 radical (unpaired) electrons. The summed E-state index contributed by atoms with van der Waals surface area (Å²) in [6.07, 6.45) is 5.68. The van der Waals surface area contributed by atoms with Gasteiger partial charge in [0.2, 0.25) is 0 Å². The van der Waals surface area contributed by atoms with Crippen LogP contribution in [0.1, 0.15) is 35.6 Å². The molecular formula is C14H14Cl2N2O2S. The van der Waals surface area contributed by atoms with E-state index in [1.54, 1.807) is 6.07 Å². The quantitative estimate of drug-likeness (QED) is 0.848. The molecule has 0 amide bonds. The first-order valence-electron chi connectivity index (χ1n) is 6.74. The summed E-state index contributed by atoms with van der Waals surface area (Å²) in [5, 5.41) is 4.99. The van der Waals surface area contributed by atoms with Crippen molar-refractivity contribution in [1.82, 2.24) is 10.1 Å². The lowest BCUT2D eigenvalue weighted by Crippen LogP contribution is -2.06. The zero-order chi connectivity index (χ0) is 14.8. The van der Waals surface area contributed by atoms with Gasteiger partial charge in [0, 0.05) is 29.0 Å². The predicted molar refractivity (Wildman–Crippen MR) is 83.0 cm³/mol. The van der Waals surface area contributed by atoms with Gasteiger partial charge in [-0.15, -0.1) is 0 Å². The maximum atomic E-state index is 12.3. The van der Waals surface area contributed by atoms with Crippen LogP contribution in [0.15, 0.2) is 16.8 Å². The number of aromatic nitrogens is 2. The molecule has 2 aromatic rings. The highest BCUT2D eigenvalue weighted by molar-refractivity contribution is 7.83. The molecule has 1 atom stereocenters. The van der Waals surface area contributed by atoms with E-state index in [1.165, 1.54) is 6.20 Å². The molecule has 3 rings (SSSR count). The monoisotopic (exact) mass is 344 g/mol. The third kappa shape index (κ3) is 3.47. The van der Waals surface area contributed by atoms with Crippen molar-refractivity contribution < 1.29 is 8.73 Å². The summed E-state index contributed by atoms with van der Waals surface area (Å²) in [5.74, 6) is 1.62. The van der Waals surface area contributed by atoms with Crippen LogP contribution in [0.25, 0.3) is 0 Å². The molecule has 1 aliphatic rings. The van der Waals surface area contributed by atoms with Gasteiger partial charge in [-0.25, -0.2) is 0 Å². The highest BCUT2D eigenvalue weighted by atomic mass is 35.5. The Morgan fingerprint density at radius 3 is 2.76 bits per heavy atom. The van der Waals surface area contributed by atoms with Crippen molar-refractivity contribution in [1.29, 1.82) is 0 Å². The SMILES string of the molecule is O=S(Cc1ncc(Cl)cc1Cl)Cc1noc2c1CCCC2. The van der Waals surface area contributed by atoms with E-state index in [1.807, 2.05) is 0 Å². The number of fused-ring (bicyclic) bond motifs is 1. The Morgan fingerprint density at radius 1 is 1.19 bits per heavy atom. The maximum Gasteiger partial charge on any atom is 0.140 e. The Bertz CT molecular complexity index is 688. The summed E-state index contributed by atoms with van der Waals surface area (Å²) in [4.78, 5) is 4.13. The summed E-state index contributed by atoms with van der Waals surface area (Å²) < 4.78 is 17.6. The van der Waals surface area contributed by atoms with Crippen LogP contribution in [0.2, 0.25) is 10.0 Å². The van der Waals surface area contributed by atoms with Gasteiger partial charge in [-0.3, -0.25) is 9.19 Å². The smallest absolute Gasteiger partial charge is 0.140 e. The van der Waals surface area contributed by atoms with Crippen LogP contribution < -0.4 is 0 Å². The highest BCUT2D eigenvalue weighted by Crippen LogP contribution is 2.26. The van der Waals surface area contributed by atoms with Crippen LogP contribution in [0.4, 0.5) is 0 Å². The van der Waals surface area contributed by atoms with Crippen LogP contribution in [-0.2, 0) is 35.1 Å². The molecule has 2 heterocycles. The molecule has 21 heavy (non-hydrogen) atoms. The molecule has 0 saturated carbocycles. The van der Waals surface area contributed by atoms with E-state index in [2.05, 4.69) is 10.1 Å². The van der Waals surface area contributed by atoms with Gasteiger partial charge in [0.05, 0.1) is 32.9 Å². The van der Waals surface area contributed by atoms with Gasteiger partial charge >= 0.3 is 0 Å². The number of aryl methyl sites for hydroxylation is 1. The van der Waals surface area contributed by atoms with E-state index in [9.17, 15) is 4.21 Å². The van der Waals surface area contributed by atoms with Crippen LogP contribution in [0, 0.1) is 0 Å². The van der Waals surface area contributed by atoms with Crippen molar-refractivity contribution in [3.05, 3.63) is 45.0 Å². The first kappa shape index (κ1) is 15.0. The molecule has 0 N–H and O–H groups in total. The van der Waals surface area contributed by atoms with E-state index < -0.39 is 10.8 Å². The van der Waals surface area contributed by atoms with Crippen molar-refractivity contribution in [3.63, 3.8) is 0 Å². The van der Waals surface area contributed by atoms with Crippen molar-refractivity contribution in [2.45, 2.75) is 37.2 Å². The average Bonchev–Trinajstić information content (AvgIpc) is 2.85. The summed E-state index contributed by atoms with van der Waals surface area (Å²) >= 11 is 11.9. The molecule has 0 fully saturated rings. The molecule has 1 unspecified atom stereocenters. The van der Waals surface area contributed by atoms with Crippen LogP contribution in [-0.4, -0.2) is 14.3 Å². The van der Waals surface area contributed by atoms with Gasteiger partial charge in [-0.1, -0.05) is 28.4 Å². The Hall–Kier alpha value is -0.910. The van der Waals surface area contributed by atoms with Gasteiger partial charge in [-0.05, 0) is 25.3 Å². The van der Waals surface area contributed by atoms with Crippen molar-refractivity contribution in [2.24, 2.45) is 0 Å². The highest BCUT2D eigenvalue weighted by Gasteiger charge is 2.21. The van der Waals surface area contributed by atoms with E-state index in [4.69, 9.17) is 27.7 Å². The standard InChI is InChI=1S/C14H14Cl2N2O2S/c15-9-5-11(16)13(17-6-9)8-21(19)7-12-10-3-1-2-4-14(10)20-18-12/h5-6H,1-4,7-8H2. The minimum Gasteiger partial charge on any atom is -0.361 e. The maximum absolute atomic E-state index is 12.3. The lowest BCUT2D eigenvalue weighted by molar-refractivity contribution is 0.369. The molecule has 7 heteroatoms. The summed E-state index contributed by atoms with van der Waals surface area (Å²) in [6, 6.07) is 1.61. The number of rotatable bonds is 4. The van der Waals surface area contributed by atoms with E-state index in [0.29, 0.717) is 21.5 Å². The average molecular weight is 345 g/mol. The number of halogens is 2. The molecule has 0 aliphatic heterocycles. The second-order valence-electron chi connectivity index (χ2n) is 5.05. The van der Waals surface area contributed by atoms with Gasteiger partial charge in [-0.2, -0.15) is 0 Å². The molecule has 1 aliphatic carbocycles. The largest absolute Gasteiger partial charge is 0.361 e. The lowest BCUT2D eigenvalue weighted by Gasteiger charge is -2.09. The third-order valence-corrected chi connectivity index (χ3v) is 5.24. The summed E-state index contributed by atoms with van der Waals surface area (Å²) in [5.41, 5.74) is 2.55. The van der Waals surface area contributed by atoms with Crippen molar-refractivity contribution >= 4 is 34.0 Å². The van der Waals surface area contributed by atoms with Crippen LogP contribution in [0.3, 0.4) is 0 Å². The molecule has 0 bridgehead atoms. The van der Waals surface area contributed by atoms with Crippen molar-refractivity contribution in [3.8, 4) is 0 Å². The second-order valence-corrected chi connectivity index (χ2v) is 7.35. The minimum atomic E-state index is -1.13. The van der Waals surface area contributed by atoms with E-state index in [-0.39, 0.29) is 5.75 Å². The molecule has 2 aromatic heterocycles. The second kappa shape index (κ2) is 6.46. The van der Waals surface area contributed by atoms with Gasteiger partial charge in [0.15, 0.2) is 0 Å². The van der Waals surface area contributed by atoms with Crippen molar-refractivity contribution in [2.75, 3.05) is 0 Å². The molecular weight excluding hydrogens is 331 g/mol. The molecule has 4 nitrogen and oxygen atoms in total. The Balaban J connectivity index is 1.70. The van der Waals surface area contributed by atoms with Gasteiger partial charge < -0.3 is 4.52 Å². The van der Waals surface area contributed by atoms with E-state index >= 15 is 0 Å². The summed E-state index contributed by atoms with van der Waals surface area (Å²) in [6.45, 7) is 0.